The number of rotatable bonds is 5. The van der Waals surface area contributed by atoms with Crippen molar-refractivity contribution < 1.29 is 27.5 Å². The Kier molecular flexibility index (Phi) is 6.16. The van der Waals surface area contributed by atoms with Crippen LogP contribution >= 0.6 is 0 Å². The van der Waals surface area contributed by atoms with Gasteiger partial charge in [0.2, 0.25) is 0 Å². The molecule has 3 heterocycles. The molecule has 39 heavy (non-hydrogen) atoms. The van der Waals surface area contributed by atoms with Gasteiger partial charge in [0.25, 0.3) is 0 Å². The Bertz CT molecular complexity index is 1840. The number of hydrogen-bond donors (Lipinski definition) is 2. The highest BCUT2D eigenvalue weighted by Crippen LogP contribution is 2.34. The third kappa shape index (κ3) is 4.71. The lowest BCUT2D eigenvalue weighted by Gasteiger charge is -2.20. The van der Waals surface area contributed by atoms with Crippen LogP contribution in [0.1, 0.15) is 45.8 Å². The van der Waals surface area contributed by atoms with Crippen LogP contribution in [0.4, 0.5) is 18.9 Å². The first-order chi connectivity index (χ1) is 18.3. The fraction of sp³-hybridized carbons (Fsp3) is 0.214. The first-order valence-corrected chi connectivity index (χ1v) is 11.9. The molecule has 8 nitrogen and oxygen atoms in total. The number of pyridine rings is 1. The Morgan fingerprint density at radius 3 is 2.56 bits per heavy atom. The quantitative estimate of drug-likeness (QED) is 0.273. The number of aromatic carboxylic acids is 1. The van der Waals surface area contributed by atoms with Gasteiger partial charge in [0.15, 0.2) is 11.1 Å². The van der Waals surface area contributed by atoms with Gasteiger partial charge in [-0.3, -0.25) is 9.48 Å². The predicted molar refractivity (Wildman–Crippen MR) is 140 cm³/mol. The van der Waals surface area contributed by atoms with Crippen LogP contribution < -0.4 is 10.7 Å². The highest BCUT2D eigenvalue weighted by atomic mass is 19.4. The molecule has 0 aliphatic rings. The molecule has 0 unspecified atom stereocenters. The first-order valence-electron chi connectivity index (χ1n) is 11.9. The molecule has 0 aliphatic heterocycles. The molecule has 5 rings (SSSR count). The molecule has 2 N–H and O–H groups in total. The van der Waals surface area contributed by atoms with E-state index in [1.165, 1.54) is 0 Å². The minimum Gasteiger partial charge on any atom is -0.476 e. The van der Waals surface area contributed by atoms with Crippen LogP contribution in [0.25, 0.3) is 33.2 Å². The Labute approximate surface area is 219 Å². The number of anilines is 1. The molecule has 3 aromatic heterocycles. The van der Waals surface area contributed by atoms with Gasteiger partial charge in [-0.1, -0.05) is 6.07 Å². The molecule has 0 spiro atoms. The van der Waals surface area contributed by atoms with Crippen LogP contribution in [0.15, 0.2) is 57.9 Å². The topological polar surface area (TPSA) is 110 Å². The fourth-order valence-corrected chi connectivity index (χ4v) is 4.66. The van der Waals surface area contributed by atoms with Crippen molar-refractivity contribution in [3.05, 3.63) is 87.0 Å². The van der Waals surface area contributed by atoms with Crippen molar-refractivity contribution in [2.45, 2.75) is 33.0 Å². The summed E-state index contributed by atoms with van der Waals surface area (Å²) in [6.45, 7) is 5.18. The second-order valence-corrected chi connectivity index (χ2v) is 9.45. The number of carboxylic acids is 1. The third-order valence-electron chi connectivity index (χ3n) is 6.50. The molecule has 0 fully saturated rings. The summed E-state index contributed by atoms with van der Waals surface area (Å²) in [4.78, 5) is 28.5. The molecular formula is C28H23F3N4O4. The summed E-state index contributed by atoms with van der Waals surface area (Å²) >= 11 is 0. The van der Waals surface area contributed by atoms with E-state index in [9.17, 15) is 27.9 Å². The fourth-order valence-electron chi connectivity index (χ4n) is 4.66. The van der Waals surface area contributed by atoms with E-state index in [1.807, 2.05) is 31.4 Å². The smallest absolute Gasteiger partial charge is 0.433 e. The number of aromatic nitrogens is 3. The van der Waals surface area contributed by atoms with Crippen molar-refractivity contribution in [2.24, 2.45) is 7.05 Å². The number of carboxylic acid groups (broad SMARTS) is 1. The number of benzene rings is 2. The molecule has 200 valence electrons. The maximum atomic E-state index is 13.5. The summed E-state index contributed by atoms with van der Waals surface area (Å²) < 4.78 is 47.4. The SMILES string of the molecule is Cc1cc([C@@H](C)Nc2ccc(C(F)(F)F)nc2C(=O)O)c2oc(-c3ccc4nn(C)cc4c3)c(C)c(=O)c2c1. The highest BCUT2D eigenvalue weighted by molar-refractivity contribution is 5.92. The van der Waals surface area contributed by atoms with Gasteiger partial charge >= 0.3 is 12.1 Å². The molecule has 0 saturated heterocycles. The third-order valence-corrected chi connectivity index (χ3v) is 6.50. The zero-order valence-corrected chi connectivity index (χ0v) is 21.3. The standard InChI is InChI=1S/C28H23F3N4O4/c1-13-9-18(15(3)32-21-7-8-22(28(29,30)31)33-23(21)27(37)38)26-19(10-13)24(36)14(2)25(39-26)16-5-6-20-17(11-16)12-35(4)34-20/h5-12,15,32H,1-4H3,(H,37,38)/t15-/m1/s1. The highest BCUT2D eigenvalue weighted by Gasteiger charge is 2.34. The molecule has 1 atom stereocenters. The number of alkyl halides is 3. The van der Waals surface area contributed by atoms with Crippen molar-refractivity contribution in [3.63, 3.8) is 0 Å². The van der Waals surface area contributed by atoms with Gasteiger partial charge in [0.1, 0.15) is 17.0 Å². The molecule has 11 heteroatoms. The summed E-state index contributed by atoms with van der Waals surface area (Å²) in [6.07, 6.45) is -2.94. The van der Waals surface area contributed by atoms with Crippen molar-refractivity contribution in [3.8, 4) is 11.3 Å². The molecule has 0 aliphatic carbocycles. The van der Waals surface area contributed by atoms with Gasteiger partial charge in [0, 0.05) is 35.3 Å². The molecule has 0 radical (unpaired) electrons. The number of nitrogens with one attached hydrogen (secondary N) is 1. The van der Waals surface area contributed by atoms with E-state index in [2.05, 4.69) is 15.4 Å². The van der Waals surface area contributed by atoms with Gasteiger partial charge in [-0.25, -0.2) is 9.78 Å². The predicted octanol–water partition coefficient (Wildman–Crippen LogP) is 6.25. The monoisotopic (exact) mass is 536 g/mol. The Balaban J connectivity index is 1.64. The van der Waals surface area contributed by atoms with E-state index < -0.39 is 29.6 Å². The van der Waals surface area contributed by atoms with Crippen molar-refractivity contribution >= 4 is 33.5 Å². The maximum absolute atomic E-state index is 13.5. The van der Waals surface area contributed by atoms with E-state index in [0.717, 1.165) is 22.5 Å². The average molecular weight is 537 g/mol. The molecule has 5 aromatic rings. The van der Waals surface area contributed by atoms with E-state index in [-0.39, 0.29) is 16.7 Å². The van der Waals surface area contributed by atoms with E-state index >= 15 is 0 Å². The number of halogens is 3. The Hall–Kier alpha value is -4.67. The number of fused-ring (bicyclic) bond motifs is 2. The zero-order chi connectivity index (χ0) is 28.2. The van der Waals surface area contributed by atoms with Gasteiger partial charge < -0.3 is 14.8 Å². The first kappa shape index (κ1) is 26.0. The van der Waals surface area contributed by atoms with Crippen LogP contribution in [0.3, 0.4) is 0 Å². The average Bonchev–Trinajstić information content (AvgIpc) is 3.24. The van der Waals surface area contributed by atoms with Crippen LogP contribution in [-0.4, -0.2) is 25.8 Å². The number of nitrogens with zero attached hydrogens (tertiary/aromatic N) is 3. The Morgan fingerprint density at radius 1 is 1.13 bits per heavy atom. The van der Waals surface area contributed by atoms with E-state index in [0.29, 0.717) is 33.9 Å². The lowest BCUT2D eigenvalue weighted by molar-refractivity contribution is -0.141. The molecule has 0 saturated carbocycles. The van der Waals surface area contributed by atoms with Crippen LogP contribution in [-0.2, 0) is 13.2 Å². The number of hydrogen-bond acceptors (Lipinski definition) is 6. The normalized spacial score (nSPS) is 12.7. The van der Waals surface area contributed by atoms with Crippen LogP contribution in [0, 0.1) is 13.8 Å². The molecule has 0 amide bonds. The van der Waals surface area contributed by atoms with Crippen molar-refractivity contribution in [2.75, 3.05) is 5.32 Å². The molecular weight excluding hydrogens is 513 g/mol. The van der Waals surface area contributed by atoms with Crippen molar-refractivity contribution in [1.29, 1.82) is 0 Å². The minimum absolute atomic E-state index is 0.102. The number of aryl methyl sites for hydroxylation is 2. The second-order valence-electron chi connectivity index (χ2n) is 9.45. The second kappa shape index (κ2) is 9.26. The lowest BCUT2D eigenvalue weighted by atomic mass is 9.98. The summed E-state index contributed by atoms with van der Waals surface area (Å²) in [7, 11) is 1.81. The lowest BCUT2D eigenvalue weighted by Crippen LogP contribution is -2.17. The van der Waals surface area contributed by atoms with Gasteiger partial charge in [-0.15, -0.1) is 0 Å². The van der Waals surface area contributed by atoms with Gasteiger partial charge in [-0.05, 0) is 62.7 Å². The van der Waals surface area contributed by atoms with E-state index in [1.54, 1.807) is 37.6 Å². The van der Waals surface area contributed by atoms with Gasteiger partial charge in [-0.2, -0.15) is 18.3 Å². The molecule has 0 bridgehead atoms. The van der Waals surface area contributed by atoms with Gasteiger partial charge in [0.05, 0.1) is 22.6 Å². The van der Waals surface area contributed by atoms with Crippen LogP contribution in [0.2, 0.25) is 0 Å². The van der Waals surface area contributed by atoms with Crippen LogP contribution in [0.5, 0.6) is 0 Å². The Morgan fingerprint density at radius 2 is 1.87 bits per heavy atom. The van der Waals surface area contributed by atoms with Crippen molar-refractivity contribution in [1.82, 2.24) is 14.8 Å². The summed E-state index contributed by atoms with van der Waals surface area (Å²) in [6, 6.07) is 10.1. The minimum atomic E-state index is -4.79. The summed E-state index contributed by atoms with van der Waals surface area (Å²) in [5.41, 5.74) is 1.05. The summed E-state index contributed by atoms with van der Waals surface area (Å²) in [5.74, 6) is -1.24. The molecule has 2 aromatic carbocycles. The maximum Gasteiger partial charge on any atom is 0.433 e. The zero-order valence-electron chi connectivity index (χ0n) is 21.3. The van der Waals surface area contributed by atoms with E-state index in [4.69, 9.17) is 4.42 Å². The number of carbonyl (C=O) groups is 1. The summed E-state index contributed by atoms with van der Waals surface area (Å²) in [5, 5.41) is 18.0. The largest absolute Gasteiger partial charge is 0.476 e.